The molecule has 1 aliphatic carbocycles. The number of morpholine rings is 2. The lowest BCUT2D eigenvalue weighted by atomic mass is 9.96. The third-order valence-electron chi connectivity index (χ3n) is 8.10. The zero-order chi connectivity index (χ0) is 31.6. The first-order valence-corrected chi connectivity index (χ1v) is 16.6. The number of hydrogen-bond donors (Lipinski definition) is 0. The van der Waals surface area contributed by atoms with E-state index in [1.165, 1.54) is 28.6 Å². The molecule has 2 aliphatic heterocycles. The average molecular weight is 661 g/mol. The number of methoxy groups -OCH3 is 2. The van der Waals surface area contributed by atoms with E-state index in [0.717, 1.165) is 103 Å². The molecule has 0 radical (unpaired) electrons. The minimum atomic E-state index is -0.206. The third-order valence-corrected chi connectivity index (χ3v) is 10.3. The summed E-state index contributed by atoms with van der Waals surface area (Å²) in [6.07, 6.45) is 6.24. The smallest absolute Gasteiger partial charge is 0.224 e. The fourth-order valence-electron chi connectivity index (χ4n) is 5.88. The standard InChI is InChI=1S/C17H19N3O3S.C15H13N3O3S/c1-21-15-12-9-11(10-20-5-7-23-8-6-20)24-17(12)16(22-2)14-13(15)18-3-4-19-14;19-13-10-7-9(8-18-3-5-21-6-4-18)22-15(10)14(20)12-11(13)16-1-2-17-12/h3-4,9H,5-8,10H2,1-2H3;1-2,7H,3-6,8H2. The number of carbonyl (C=O) groups is 2. The molecule has 46 heavy (non-hydrogen) atoms. The van der Waals surface area contributed by atoms with Crippen molar-refractivity contribution in [2.24, 2.45) is 0 Å². The third kappa shape index (κ3) is 5.87. The SMILES string of the molecule is COc1c2cc(CN3CCOCC3)sc2c(OC)c2nccnc12.O=C1c2cc(CN3CCOCC3)sc2C(=O)c2nccnc21. The van der Waals surface area contributed by atoms with E-state index in [4.69, 9.17) is 18.9 Å². The van der Waals surface area contributed by atoms with Gasteiger partial charge >= 0.3 is 0 Å². The van der Waals surface area contributed by atoms with Crippen molar-refractivity contribution in [1.82, 2.24) is 29.7 Å². The topological polar surface area (TPSA) is 129 Å². The first-order chi connectivity index (χ1) is 22.6. The minimum Gasteiger partial charge on any atom is -0.494 e. The van der Waals surface area contributed by atoms with Crippen LogP contribution in [0.4, 0.5) is 0 Å². The van der Waals surface area contributed by atoms with Gasteiger partial charge in [0.15, 0.2) is 11.5 Å². The van der Waals surface area contributed by atoms with E-state index in [1.54, 1.807) is 38.0 Å². The van der Waals surface area contributed by atoms with Gasteiger partial charge in [0.1, 0.15) is 22.4 Å². The number of hydrogen-bond acceptors (Lipinski definition) is 14. The number of fused-ring (bicyclic) bond motifs is 4. The molecule has 0 bridgehead atoms. The van der Waals surface area contributed by atoms with E-state index in [1.807, 2.05) is 6.07 Å². The molecule has 4 aromatic heterocycles. The zero-order valence-corrected chi connectivity index (χ0v) is 27.1. The number of benzene rings is 1. The van der Waals surface area contributed by atoms with Crippen LogP contribution in [0.5, 0.6) is 11.5 Å². The van der Waals surface area contributed by atoms with Crippen LogP contribution in [0.3, 0.4) is 0 Å². The molecule has 12 nitrogen and oxygen atoms in total. The van der Waals surface area contributed by atoms with Crippen LogP contribution in [0.15, 0.2) is 36.9 Å². The van der Waals surface area contributed by atoms with E-state index in [-0.39, 0.29) is 23.0 Å². The molecule has 3 aliphatic rings. The number of rotatable bonds is 6. The van der Waals surface area contributed by atoms with Crippen LogP contribution in [0.1, 0.15) is 41.2 Å². The number of nitrogens with zero attached hydrogens (tertiary/aromatic N) is 6. The Kier molecular flexibility index (Phi) is 8.97. The van der Waals surface area contributed by atoms with Crippen LogP contribution >= 0.6 is 22.7 Å². The molecule has 8 rings (SSSR count). The molecule has 0 unspecified atom stereocenters. The monoisotopic (exact) mass is 660 g/mol. The van der Waals surface area contributed by atoms with Crippen molar-refractivity contribution >= 4 is 55.4 Å². The maximum Gasteiger partial charge on any atom is 0.224 e. The second kappa shape index (κ2) is 13.4. The minimum absolute atomic E-state index is 0.163. The first kappa shape index (κ1) is 30.7. The number of ether oxygens (including phenoxy) is 4. The van der Waals surface area contributed by atoms with Gasteiger partial charge in [0.05, 0.1) is 50.2 Å². The van der Waals surface area contributed by atoms with Gasteiger partial charge < -0.3 is 18.9 Å². The van der Waals surface area contributed by atoms with Gasteiger partial charge in [-0.15, -0.1) is 22.7 Å². The summed E-state index contributed by atoms with van der Waals surface area (Å²) in [4.78, 5) is 49.3. The Morgan fingerprint density at radius 1 is 0.696 bits per heavy atom. The summed E-state index contributed by atoms with van der Waals surface area (Å²) in [6.45, 7) is 8.36. The maximum atomic E-state index is 12.5. The van der Waals surface area contributed by atoms with Crippen molar-refractivity contribution in [2.45, 2.75) is 13.1 Å². The number of thiophene rings is 2. The van der Waals surface area contributed by atoms with Gasteiger partial charge in [0.25, 0.3) is 0 Å². The van der Waals surface area contributed by atoms with E-state index < -0.39 is 0 Å². The lowest BCUT2D eigenvalue weighted by molar-refractivity contribution is 0.0346. The summed E-state index contributed by atoms with van der Waals surface area (Å²) in [5.74, 6) is 1.13. The van der Waals surface area contributed by atoms with Crippen molar-refractivity contribution in [3.8, 4) is 11.5 Å². The fraction of sp³-hybridized carbons (Fsp3) is 0.375. The molecule has 0 atom stereocenters. The number of aromatic nitrogens is 4. The van der Waals surface area contributed by atoms with Gasteiger partial charge in [-0.3, -0.25) is 19.4 Å². The quantitative estimate of drug-likeness (QED) is 0.257. The van der Waals surface area contributed by atoms with E-state index in [2.05, 4.69) is 35.8 Å². The van der Waals surface area contributed by atoms with Crippen LogP contribution < -0.4 is 9.47 Å². The highest BCUT2D eigenvalue weighted by atomic mass is 32.1. The van der Waals surface area contributed by atoms with Crippen molar-refractivity contribution < 1.29 is 28.5 Å². The van der Waals surface area contributed by atoms with Crippen LogP contribution in [0.2, 0.25) is 0 Å². The van der Waals surface area contributed by atoms with Crippen LogP contribution in [0.25, 0.3) is 21.1 Å². The lowest BCUT2D eigenvalue weighted by Crippen LogP contribution is -2.35. The zero-order valence-electron chi connectivity index (χ0n) is 25.5. The Hall–Kier alpha value is -3.92. The van der Waals surface area contributed by atoms with E-state index in [9.17, 15) is 9.59 Å². The van der Waals surface area contributed by atoms with E-state index in [0.29, 0.717) is 10.4 Å². The highest BCUT2D eigenvalue weighted by Gasteiger charge is 2.34. The summed E-state index contributed by atoms with van der Waals surface area (Å²) in [6, 6.07) is 4.01. The summed E-state index contributed by atoms with van der Waals surface area (Å²) < 4.78 is 23.1. The molecule has 1 aromatic carbocycles. The van der Waals surface area contributed by atoms with Crippen molar-refractivity contribution in [1.29, 1.82) is 0 Å². The summed E-state index contributed by atoms with van der Waals surface area (Å²) in [7, 11) is 3.35. The van der Waals surface area contributed by atoms with Crippen LogP contribution in [-0.4, -0.2) is 108 Å². The van der Waals surface area contributed by atoms with Gasteiger partial charge in [-0.2, -0.15) is 0 Å². The highest BCUT2D eigenvalue weighted by molar-refractivity contribution is 7.19. The Morgan fingerprint density at radius 2 is 1.22 bits per heavy atom. The van der Waals surface area contributed by atoms with Crippen LogP contribution in [0, 0.1) is 0 Å². The molecule has 6 heterocycles. The summed E-state index contributed by atoms with van der Waals surface area (Å²) >= 11 is 3.12. The first-order valence-electron chi connectivity index (χ1n) is 15.0. The molecule has 2 saturated heterocycles. The van der Waals surface area contributed by atoms with Gasteiger partial charge in [0.2, 0.25) is 11.6 Å². The second-order valence-corrected chi connectivity index (χ2v) is 13.2. The average Bonchev–Trinajstić information content (AvgIpc) is 3.72. The molecule has 5 aromatic rings. The predicted molar refractivity (Wildman–Crippen MR) is 173 cm³/mol. The van der Waals surface area contributed by atoms with Gasteiger partial charge in [-0.1, -0.05) is 0 Å². The highest BCUT2D eigenvalue weighted by Crippen LogP contribution is 2.45. The molecule has 0 saturated carbocycles. The predicted octanol–water partition coefficient (Wildman–Crippen LogP) is 3.84. The normalized spacial score (nSPS) is 17.0. The van der Waals surface area contributed by atoms with Gasteiger partial charge in [-0.25, -0.2) is 19.9 Å². The summed E-state index contributed by atoms with van der Waals surface area (Å²) in [5, 5.41) is 1.04. The number of ketones is 2. The Balaban J connectivity index is 0.000000147. The van der Waals surface area contributed by atoms with Crippen molar-refractivity contribution in [3.05, 3.63) is 68.5 Å². The largest absolute Gasteiger partial charge is 0.494 e. The molecular weight excluding hydrogens is 629 g/mol. The molecule has 0 N–H and O–H groups in total. The molecule has 14 heteroatoms. The number of carbonyl (C=O) groups excluding carboxylic acids is 2. The van der Waals surface area contributed by atoms with E-state index >= 15 is 0 Å². The fourth-order valence-corrected chi connectivity index (χ4v) is 8.24. The van der Waals surface area contributed by atoms with Crippen molar-refractivity contribution in [2.75, 3.05) is 66.8 Å². The van der Waals surface area contributed by atoms with Gasteiger partial charge in [-0.05, 0) is 12.1 Å². The van der Waals surface area contributed by atoms with Crippen molar-refractivity contribution in [3.63, 3.8) is 0 Å². The molecule has 2 fully saturated rings. The molecular formula is C32H32N6O6S2. The van der Waals surface area contributed by atoms with Crippen LogP contribution in [-0.2, 0) is 22.6 Å². The maximum absolute atomic E-state index is 12.5. The Labute approximate surface area is 272 Å². The second-order valence-electron chi connectivity index (χ2n) is 10.9. The van der Waals surface area contributed by atoms with Gasteiger partial charge in [0, 0.05) is 84.8 Å². The molecule has 238 valence electrons. The summed E-state index contributed by atoms with van der Waals surface area (Å²) in [5.41, 5.74) is 2.27. The Bertz CT molecular complexity index is 1800. The molecule has 0 spiro atoms. The Morgan fingerprint density at radius 3 is 1.80 bits per heavy atom. The lowest BCUT2D eigenvalue weighted by Gasteiger charge is -2.25. The molecule has 0 amide bonds.